The number of rotatable bonds is 6. The minimum absolute atomic E-state index is 0.0452. The Kier molecular flexibility index (Phi) is 5.56. The van der Waals surface area contributed by atoms with Gasteiger partial charge in [-0.05, 0) is 24.2 Å². The molecule has 1 unspecified atom stereocenters. The molecule has 2 N–H and O–H groups in total. The summed E-state index contributed by atoms with van der Waals surface area (Å²) in [5.74, 6) is -0.650. The van der Waals surface area contributed by atoms with Gasteiger partial charge in [0, 0.05) is 12.6 Å². The van der Waals surface area contributed by atoms with Gasteiger partial charge in [-0.1, -0.05) is 6.92 Å². The lowest BCUT2D eigenvalue weighted by molar-refractivity contribution is -0.210. The summed E-state index contributed by atoms with van der Waals surface area (Å²) in [5, 5.41) is 11.7. The summed E-state index contributed by atoms with van der Waals surface area (Å²) in [6.45, 7) is 1.97. The van der Waals surface area contributed by atoms with Crippen molar-refractivity contribution in [1.29, 1.82) is 0 Å². The summed E-state index contributed by atoms with van der Waals surface area (Å²) < 4.78 is 54.2. The zero-order valence-electron chi connectivity index (χ0n) is 10.3. The molecule has 0 spiro atoms. The maximum absolute atomic E-state index is 13.2. The maximum atomic E-state index is 13.2. The van der Waals surface area contributed by atoms with E-state index in [1.807, 2.05) is 6.92 Å². The monoisotopic (exact) mass is 281 g/mol. The SMILES string of the molecule is CCNCc1cc(F)cc(OCC(O)C(F)(F)F)c1. The number of hydrogen-bond donors (Lipinski definition) is 2. The van der Waals surface area contributed by atoms with Crippen molar-refractivity contribution in [3.05, 3.63) is 29.6 Å². The minimum Gasteiger partial charge on any atom is -0.490 e. The number of aliphatic hydroxyl groups is 1. The van der Waals surface area contributed by atoms with Crippen LogP contribution in [-0.2, 0) is 6.54 Å². The van der Waals surface area contributed by atoms with Gasteiger partial charge in [-0.15, -0.1) is 0 Å². The molecule has 0 fully saturated rings. The van der Waals surface area contributed by atoms with Gasteiger partial charge >= 0.3 is 6.18 Å². The van der Waals surface area contributed by atoms with Crippen LogP contribution in [-0.4, -0.2) is 30.5 Å². The van der Waals surface area contributed by atoms with Crippen molar-refractivity contribution >= 4 is 0 Å². The highest BCUT2D eigenvalue weighted by atomic mass is 19.4. The Morgan fingerprint density at radius 2 is 2.00 bits per heavy atom. The highest BCUT2D eigenvalue weighted by molar-refractivity contribution is 5.29. The molecular weight excluding hydrogens is 266 g/mol. The zero-order chi connectivity index (χ0) is 14.5. The summed E-state index contributed by atoms with van der Waals surface area (Å²) in [6, 6.07) is 3.66. The van der Waals surface area contributed by atoms with Crippen LogP contribution < -0.4 is 10.1 Å². The Labute approximate surface area is 108 Å². The fraction of sp³-hybridized carbons (Fsp3) is 0.500. The number of alkyl halides is 3. The molecule has 0 saturated heterocycles. The molecule has 1 aromatic rings. The molecule has 0 aliphatic carbocycles. The fourth-order valence-electron chi connectivity index (χ4n) is 1.35. The molecule has 0 heterocycles. The minimum atomic E-state index is -4.75. The fourth-order valence-corrected chi connectivity index (χ4v) is 1.35. The van der Waals surface area contributed by atoms with Crippen LogP contribution in [0, 0.1) is 5.82 Å². The van der Waals surface area contributed by atoms with Crippen LogP contribution in [0.3, 0.4) is 0 Å². The number of ether oxygens (including phenoxy) is 1. The Morgan fingerprint density at radius 3 is 2.58 bits per heavy atom. The normalized spacial score (nSPS) is 13.4. The van der Waals surface area contributed by atoms with E-state index in [0.29, 0.717) is 18.7 Å². The standard InChI is InChI=1S/C12H15F4NO2/c1-2-17-6-8-3-9(13)5-10(4-8)19-7-11(18)12(14,15)16/h3-5,11,17-18H,2,6-7H2,1H3. The van der Waals surface area contributed by atoms with Crippen molar-refractivity contribution in [1.82, 2.24) is 5.32 Å². The van der Waals surface area contributed by atoms with Crippen LogP contribution in [0.4, 0.5) is 17.6 Å². The van der Waals surface area contributed by atoms with Gasteiger partial charge in [0.25, 0.3) is 0 Å². The average Bonchev–Trinajstić information content (AvgIpc) is 2.31. The smallest absolute Gasteiger partial charge is 0.417 e. The number of aliphatic hydroxyl groups excluding tert-OH is 1. The van der Waals surface area contributed by atoms with E-state index in [2.05, 4.69) is 5.32 Å². The molecule has 1 aromatic carbocycles. The molecule has 0 aromatic heterocycles. The third-order valence-corrected chi connectivity index (χ3v) is 2.30. The highest BCUT2D eigenvalue weighted by Gasteiger charge is 2.38. The van der Waals surface area contributed by atoms with Crippen molar-refractivity contribution in [3.63, 3.8) is 0 Å². The van der Waals surface area contributed by atoms with E-state index in [4.69, 9.17) is 9.84 Å². The molecule has 0 radical (unpaired) electrons. The molecule has 108 valence electrons. The topological polar surface area (TPSA) is 41.5 Å². The van der Waals surface area contributed by atoms with Gasteiger partial charge in [-0.2, -0.15) is 13.2 Å². The largest absolute Gasteiger partial charge is 0.490 e. The van der Waals surface area contributed by atoms with Crippen LogP contribution in [0.2, 0.25) is 0 Å². The maximum Gasteiger partial charge on any atom is 0.417 e. The van der Waals surface area contributed by atoms with Crippen molar-refractivity contribution in [2.45, 2.75) is 25.7 Å². The van der Waals surface area contributed by atoms with E-state index in [1.54, 1.807) is 0 Å². The molecule has 0 bridgehead atoms. The molecule has 0 aliphatic heterocycles. The second-order valence-corrected chi connectivity index (χ2v) is 3.94. The Morgan fingerprint density at radius 1 is 1.32 bits per heavy atom. The first-order valence-corrected chi connectivity index (χ1v) is 5.70. The lowest BCUT2D eigenvalue weighted by Gasteiger charge is -2.15. The molecule has 19 heavy (non-hydrogen) atoms. The Bertz CT molecular complexity index is 409. The van der Waals surface area contributed by atoms with Crippen LogP contribution in [0.5, 0.6) is 5.75 Å². The van der Waals surface area contributed by atoms with E-state index in [0.717, 1.165) is 6.07 Å². The van der Waals surface area contributed by atoms with Crippen molar-refractivity contribution < 1.29 is 27.4 Å². The third-order valence-electron chi connectivity index (χ3n) is 2.30. The first-order valence-electron chi connectivity index (χ1n) is 5.70. The highest BCUT2D eigenvalue weighted by Crippen LogP contribution is 2.22. The van der Waals surface area contributed by atoms with Gasteiger partial charge in [0.05, 0.1) is 0 Å². The first kappa shape index (κ1) is 15.7. The average molecular weight is 281 g/mol. The number of nitrogens with one attached hydrogen (secondary N) is 1. The van der Waals surface area contributed by atoms with Gasteiger partial charge in [-0.3, -0.25) is 0 Å². The molecule has 0 saturated carbocycles. The summed E-state index contributed by atoms with van der Waals surface area (Å²) in [7, 11) is 0. The first-order chi connectivity index (χ1) is 8.82. The lowest BCUT2D eigenvalue weighted by Crippen LogP contribution is -2.34. The third kappa shape index (κ3) is 5.44. The van der Waals surface area contributed by atoms with Crippen LogP contribution in [0.15, 0.2) is 18.2 Å². The number of hydrogen-bond acceptors (Lipinski definition) is 3. The van der Waals surface area contributed by atoms with Crippen molar-refractivity contribution in [2.24, 2.45) is 0 Å². The summed E-state index contributed by atoms with van der Waals surface area (Å²) in [4.78, 5) is 0. The summed E-state index contributed by atoms with van der Waals surface area (Å²) >= 11 is 0. The van der Waals surface area contributed by atoms with Gasteiger partial charge in [-0.25, -0.2) is 4.39 Å². The second kappa shape index (κ2) is 6.72. The number of benzene rings is 1. The lowest BCUT2D eigenvalue weighted by atomic mass is 10.2. The molecule has 0 aliphatic rings. The van der Waals surface area contributed by atoms with Gasteiger partial charge in [0.1, 0.15) is 18.2 Å². The molecule has 1 rings (SSSR count). The molecular formula is C12H15F4NO2. The molecule has 3 nitrogen and oxygen atoms in total. The predicted octanol–water partition coefficient (Wildman–Crippen LogP) is 2.24. The Balaban J connectivity index is 2.65. The molecule has 1 atom stereocenters. The van der Waals surface area contributed by atoms with E-state index in [-0.39, 0.29) is 5.75 Å². The van der Waals surface area contributed by atoms with Gasteiger partial charge in [0.2, 0.25) is 0 Å². The van der Waals surface area contributed by atoms with Crippen LogP contribution >= 0.6 is 0 Å². The van der Waals surface area contributed by atoms with E-state index in [9.17, 15) is 17.6 Å². The summed E-state index contributed by atoms with van der Waals surface area (Å²) in [6.07, 6.45) is -7.34. The van der Waals surface area contributed by atoms with Crippen LogP contribution in [0.1, 0.15) is 12.5 Å². The summed E-state index contributed by atoms with van der Waals surface area (Å²) in [5.41, 5.74) is 0.554. The molecule has 0 amide bonds. The van der Waals surface area contributed by atoms with Gasteiger partial charge in [0.15, 0.2) is 6.10 Å². The second-order valence-electron chi connectivity index (χ2n) is 3.94. The number of halogens is 4. The molecule has 7 heteroatoms. The van der Waals surface area contributed by atoms with Gasteiger partial charge < -0.3 is 15.2 Å². The van der Waals surface area contributed by atoms with Crippen molar-refractivity contribution in [3.8, 4) is 5.75 Å². The van der Waals surface area contributed by atoms with Crippen LogP contribution in [0.25, 0.3) is 0 Å². The van der Waals surface area contributed by atoms with Crippen molar-refractivity contribution in [2.75, 3.05) is 13.2 Å². The van der Waals surface area contributed by atoms with E-state index >= 15 is 0 Å². The quantitative estimate of drug-likeness (QED) is 0.786. The zero-order valence-corrected chi connectivity index (χ0v) is 10.3. The van der Waals surface area contributed by atoms with E-state index < -0.39 is 24.7 Å². The predicted molar refractivity (Wildman–Crippen MR) is 61.3 cm³/mol. The Hall–Kier alpha value is -1.34. The van der Waals surface area contributed by atoms with E-state index in [1.165, 1.54) is 12.1 Å².